The highest BCUT2D eigenvalue weighted by Gasteiger charge is 2.29. The van der Waals surface area contributed by atoms with Crippen LogP contribution in [0.1, 0.15) is 15.9 Å². The number of carbonyl (C=O) groups excluding carboxylic acids is 1. The Morgan fingerprint density at radius 2 is 1.68 bits per heavy atom. The minimum atomic E-state index is -0.599. The molecule has 1 aliphatic rings. The Hall–Kier alpha value is -3.02. The van der Waals surface area contributed by atoms with Gasteiger partial charge in [0.1, 0.15) is 6.61 Å². The van der Waals surface area contributed by atoms with Gasteiger partial charge in [0.05, 0.1) is 21.3 Å². The molecule has 0 saturated carbocycles. The van der Waals surface area contributed by atoms with Crippen molar-refractivity contribution in [3.05, 3.63) is 53.6 Å². The molecular weight excluding hydrogens is 322 g/mol. The first-order valence-corrected chi connectivity index (χ1v) is 7.78. The second kappa shape index (κ2) is 7.25. The maximum atomic E-state index is 12.8. The predicted octanol–water partition coefficient (Wildman–Crippen LogP) is 2.74. The number of Topliss-reactive ketones (excluding diaryl/α,β-unsaturated/α-hetero) is 1. The zero-order chi connectivity index (χ0) is 17.8. The molecule has 0 amide bonds. The smallest absolute Gasteiger partial charge is 0.217 e. The van der Waals surface area contributed by atoms with Crippen molar-refractivity contribution in [3.8, 4) is 17.2 Å². The third-order valence-corrected chi connectivity index (χ3v) is 3.92. The average molecular weight is 341 g/mol. The first-order valence-electron chi connectivity index (χ1n) is 7.78. The average Bonchev–Trinajstić information content (AvgIpc) is 3.17. The summed E-state index contributed by atoms with van der Waals surface area (Å²) in [6.07, 6.45) is 0. The van der Waals surface area contributed by atoms with E-state index in [1.807, 2.05) is 30.3 Å². The van der Waals surface area contributed by atoms with E-state index >= 15 is 0 Å². The van der Waals surface area contributed by atoms with Crippen LogP contribution in [0.5, 0.6) is 17.2 Å². The molecular formula is C19H19NO5. The molecule has 2 aromatic rings. The second-order valence-electron chi connectivity index (χ2n) is 5.41. The molecule has 1 aliphatic heterocycles. The van der Waals surface area contributed by atoms with Gasteiger partial charge in [-0.3, -0.25) is 4.79 Å². The van der Waals surface area contributed by atoms with E-state index in [9.17, 15) is 4.79 Å². The van der Waals surface area contributed by atoms with Crippen LogP contribution in [0.25, 0.3) is 0 Å². The van der Waals surface area contributed by atoms with Gasteiger partial charge in [0.25, 0.3) is 0 Å². The number of hydrogen-bond donors (Lipinski definition) is 0. The fourth-order valence-corrected chi connectivity index (χ4v) is 2.66. The van der Waals surface area contributed by atoms with Gasteiger partial charge in [0.2, 0.25) is 11.6 Å². The summed E-state index contributed by atoms with van der Waals surface area (Å²) < 4.78 is 21.5. The van der Waals surface area contributed by atoms with Gasteiger partial charge in [-0.25, -0.2) is 4.99 Å². The Morgan fingerprint density at radius 3 is 2.24 bits per heavy atom. The predicted molar refractivity (Wildman–Crippen MR) is 93.1 cm³/mol. The number of rotatable bonds is 6. The van der Waals surface area contributed by atoms with Crippen LogP contribution in [0.15, 0.2) is 47.5 Å². The molecule has 25 heavy (non-hydrogen) atoms. The normalized spacial score (nSPS) is 16.0. The summed E-state index contributed by atoms with van der Waals surface area (Å²) >= 11 is 0. The molecule has 0 aliphatic carbocycles. The summed E-state index contributed by atoms with van der Waals surface area (Å²) in [5.41, 5.74) is 1.28. The third kappa shape index (κ3) is 3.28. The highest BCUT2D eigenvalue weighted by Crippen LogP contribution is 2.38. The van der Waals surface area contributed by atoms with Crippen molar-refractivity contribution < 1.29 is 23.7 Å². The van der Waals surface area contributed by atoms with Crippen LogP contribution < -0.4 is 14.2 Å². The molecule has 6 nitrogen and oxygen atoms in total. The van der Waals surface area contributed by atoms with Crippen LogP contribution in [0.2, 0.25) is 0 Å². The van der Waals surface area contributed by atoms with Crippen LogP contribution in [0.3, 0.4) is 0 Å². The highest BCUT2D eigenvalue weighted by molar-refractivity contribution is 6.05. The van der Waals surface area contributed by atoms with E-state index in [4.69, 9.17) is 18.9 Å². The lowest BCUT2D eigenvalue weighted by molar-refractivity contribution is 0.0947. The molecule has 6 heteroatoms. The van der Waals surface area contributed by atoms with Gasteiger partial charge in [-0.2, -0.15) is 0 Å². The van der Waals surface area contributed by atoms with Gasteiger partial charge >= 0.3 is 0 Å². The standard InChI is InChI=1S/C19H19NO5/c1-22-15-9-13(10-16(23-2)18(15)24-3)17(21)14-11-25-19(20-14)12-7-5-4-6-8-12/h4-10,14H,11H2,1-3H3. The minimum Gasteiger partial charge on any atom is -0.493 e. The van der Waals surface area contributed by atoms with E-state index in [1.54, 1.807) is 12.1 Å². The van der Waals surface area contributed by atoms with Crippen LogP contribution in [0, 0.1) is 0 Å². The number of aliphatic imine (C=N–C) groups is 1. The molecule has 0 fully saturated rings. The highest BCUT2D eigenvalue weighted by atomic mass is 16.5. The number of ketones is 1. The summed E-state index contributed by atoms with van der Waals surface area (Å²) in [4.78, 5) is 17.2. The van der Waals surface area contributed by atoms with Crippen molar-refractivity contribution in [2.24, 2.45) is 4.99 Å². The molecule has 0 saturated heterocycles. The van der Waals surface area contributed by atoms with Gasteiger partial charge in [0.15, 0.2) is 23.3 Å². The molecule has 1 unspecified atom stereocenters. The fourth-order valence-electron chi connectivity index (χ4n) is 2.66. The Morgan fingerprint density at radius 1 is 1.04 bits per heavy atom. The van der Waals surface area contributed by atoms with Gasteiger partial charge < -0.3 is 18.9 Å². The van der Waals surface area contributed by atoms with Crippen LogP contribution >= 0.6 is 0 Å². The molecule has 0 N–H and O–H groups in total. The van der Waals surface area contributed by atoms with Gasteiger partial charge in [-0.1, -0.05) is 18.2 Å². The van der Waals surface area contributed by atoms with Crippen molar-refractivity contribution in [1.29, 1.82) is 0 Å². The molecule has 1 atom stereocenters. The molecule has 0 aromatic heterocycles. The summed E-state index contributed by atoms with van der Waals surface area (Å²) in [5, 5.41) is 0. The molecule has 3 rings (SSSR count). The van der Waals surface area contributed by atoms with E-state index < -0.39 is 6.04 Å². The van der Waals surface area contributed by atoms with Crippen molar-refractivity contribution in [2.75, 3.05) is 27.9 Å². The number of nitrogens with zero attached hydrogens (tertiary/aromatic N) is 1. The van der Waals surface area contributed by atoms with Crippen molar-refractivity contribution in [3.63, 3.8) is 0 Å². The number of benzene rings is 2. The summed E-state index contributed by atoms with van der Waals surface area (Å²) in [5.74, 6) is 1.61. The van der Waals surface area contributed by atoms with E-state index in [-0.39, 0.29) is 12.4 Å². The lowest BCUT2D eigenvalue weighted by atomic mass is 10.0. The number of carbonyl (C=O) groups is 1. The number of methoxy groups -OCH3 is 3. The van der Waals surface area contributed by atoms with E-state index in [0.717, 1.165) is 5.56 Å². The van der Waals surface area contributed by atoms with Gasteiger partial charge in [-0.15, -0.1) is 0 Å². The molecule has 2 aromatic carbocycles. The maximum Gasteiger partial charge on any atom is 0.217 e. The van der Waals surface area contributed by atoms with Crippen molar-refractivity contribution in [1.82, 2.24) is 0 Å². The molecule has 130 valence electrons. The third-order valence-electron chi connectivity index (χ3n) is 3.92. The van der Waals surface area contributed by atoms with Crippen molar-refractivity contribution in [2.45, 2.75) is 6.04 Å². The van der Waals surface area contributed by atoms with Crippen molar-refractivity contribution >= 4 is 11.7 Å². The molecule has 1 heterocycles. The minimum absolute atomic E-state index is 0.162. The first kappa shape index (κ1) is 16.8. The summed E-state index contributed by atoms with van der Waals surface area (Å²) in [6.45, 7) is 0.208. The van der Waals surface area contributed by atoms with Crippen LogP contribution in [0.4, 0.5) is 0 Å². The zero-order valence-corrected chi connectivity index (χ0v) is 14.3. The topological polar surface area (TPSA) is 66.4 Å². The summed E-state index contributed by atoms with van der Waals surface area (Å²) in [6, 6.07) is 12.1. The van der Waals surface area contributed by atoms with Gasteiger partial charge in [0, 0.05) is 11.1 Å². The monoisotopic (exact) mass is 341 g/mol. The van der Waals surface area contributed by atoms with Gasteiger partial charge in [-0.05, 0) is 24.3 Å². The number of hydrogen-bond acceptors (Lipinski definition) is 6. The molecule has 0 spiro atoms. The SMILES string of the molecule is COc1cc(C(=O)C2COC(c3ccccc3)=N2)cc(OC)c1OC. The molecule has 0 bridgehead atoms. The lowest BCUT2D eigenvalue weighted by Gasteiger charge is -2.14. The second-order valence-corrected chi connectivity index (χ2v) is 5.41. The van der Waals surface area contributed by atoms with E-state index in [2.05, 4.69) is 4.99 Å². The van der Waals surface area contributed by atoms with Crippen LogP contribution in [-0.2, 0) is 4.74 Å². The number of ether oxygens (including phenoxy) is 4. The largest absolute Gasteiger partial charge is 0.493 e. The lowest BCUT2D eigenvalue weighted by Crippen LogP contribution is -2.20. The quantitative estimate of drug-likeness (QED) is 0.756. The Balaban J connectivity index is 1.90. The maximum absolute atomic E-state index is 12.8. The summed E-state index contributed by atoms with van der Waals surface area (Å²) in [7, 11) is 4.54. The van der Waals surface area contributed by atoms with Crippen LogP contribution in [-0.4, -0.2) is 45.7 Å². The Kier molecular flexibility index (Phi) is 4.88. The first-order chi connectivity index (χ1) is 12.2. The van der Waals surface area contributed by atoms with E-state index in [1.165, 1.54) is 21.3 Å². The Bertz CT molecular complexity index is 776. The molecule has 0 radical (unpaired) electrons. The zero-order valence-electron chi connectivity index (χ0n) is 14.3. The fraction of sp³-hybridized carbons (Fsp3) is 0.263. The Labute approximate surface area is 146 Å². The van der Waals surface area contributed by atoms with E-state index in [0.29, 0.717) is 28.7 Å².